The van der Waals surface area contributed by atoms with Crippen molar-refractivity contribution in [3.8, 4) is 0 Å². The number of nitrogens with zero attached hydrogens (tertiary/aromatic N) is 1. The lowest BCUT2D eigenvalue weighted by atomic mass is 10.1. The second-order valence-electron chi connectivity index (χ2n) is 6.09. The van der Waals surface area contributed by atoms with Gasteiger partial charge in [0.15, 0.2) is 0 Å². The number of hydrogen-bond donors (Lipinski definition) is 1. The Balaban J connectivity index is 2.09. The first-order chi connectivity index (χ1) is 9.29. The van der Waals surface area contributed by atoms with Crippen molar-refractivity contribution < 1.29 is 9.59 Å². The largest absolute Gasteiger partial charge is 0.308 e. The fourth-order valence-electron chi connectivity index (χ4n) is 2.07. The molecule has 1 aromatic rings. The second kappa shape index (κ2) is 5.21. The van der Waals surface area contributed by atoms with E-state index >= 15 is 0 Å². The van der Waals surface area contributed by atoms with Crippen molar-refractivity contribution in [2.45, 2.75) is 26.3 Å². The van der Waals surface area contributed by atoms with Gasteiger partial charge in [-0.15, -0.1) is 0 Å². The van der Waals surface area contributed by atoms with E-state index in [9.17, 15) is 9.59 Å². The lowest BCUT2D eigenvalue weighted by molar-refractivity contribution is -0.114. The quantitative estimate of drug-likeness (QED) is 0.675. The summed E-state index contributed by atoms with van der Waals surface area (Å²) in [5.74, 6) is -0.903. The summed E-state index contributed by atoms with van der Waals surface area (Å²) >= 11 is 0. The molecule has 106 valence electrons. The van der Waals surface area contributed by atoms with Crippen molar-refractivity contribution in [1.29, 1.82) is 0 Å². The van der Waals surface area contributed by atoms with E-state index in [1.807, 2.05) is 6.07 Å². The van der Waals surface area contributed by atoms with Crippen LogP contribution in [-0.2, 0) is 4.79 Å². The number of ketones is 1. The fraction of sp³-hybridized carbons (Fsp3) is 0.375. The molecular weight excluding hydrogens is 252 g/mol. The van der Waals surface area contributed by atoms with E-state index < -0.39 is 11.7 Å². The molecule has 0 bridgehead atoms. The third kappa shape index (κ3) is 2.96. The molecule has 0 spiro atoms. The van der Waals surface area contributed by atoms with Crippen molar-refractivity contribution >= 4 is 17.4 Å². The van der Waals surface area contributed by atoms with Gasteiger partial charge < -0.3 is 10.2 Å². The van der Waals surface area contributed by atoms with E-state index in [0.29, 0.717) is 24.3 Å². The van der Waals surface area contributed by atoms with E-state index in [1.165, 1.54) is 4.90 Å². The van der Waals surface area contributed by atoms with Crippen molar-refractivity contribution in [3.63, 3.8) is 0 Å². The molecule has 1 aliphatic heterocycles. The molecule has 20 heavy (non-hydrogen) atoms. The third-order valence-corrected chi connectivity index (χ3v) is 3.13. The van der Waals surface area contributed by atoms with Crippen LogP contribution in [0.3, 0.4) is 0 Å². The minimum atomic E-state index is -0.469. The van der Waals surface area contributed by atoms with Gasteiger partial charge in [0.05, 0.1) is 11.3 Å². The van der Waals surface area contributed by atoms with Crippen LogP contribution in [0.2, 0.25) is 0 Å². The van der Waals surface area contributed by atoms with Gasteiger partial charge in [-0.05, 0) is 38.5 Å². The molecule has 0 saturated carbocycles. The van der Waals surface area contributed by atoms with Crippen molar-refractivity contribution in [1.82, 2.24) is 5.32 Å². The summed E-state index contributed by atoms with van der Waals surface area (Å²) in [4.78, 5) is 25.4. The molecule has 2 rings (SSSR count). The molecular formula is C16H20N2O2. The van der Waals surface area contributed by atoms with Crippen LogP contribution in [0, 0.1) is 0 Å². The van der Waals surface area contributed by atoms with Crippen LogP contribution >= 0.6 is 0 Å². The minimum absolute atomic E-state index is 0.00825. The molecule has 4 nitrogen and oxygen atoms in total. The van der Waals surface area contributed by atoms with Gasteiger partial charge in [0.2, 0.25) is 0 Å². The number of carbonyl (C=O) groups excluding carboxylic acids is 2. The molecule has 1 amide bonds. The topological polar surface area (TPSA) is 49.4 Å². The monoisotopic (exact) mass is 272 g/mol. The molecule has 0 saturated heterocycles. The first-order valence-electron chi connectivity index (χ1n) is 6.66. The molecule has 0 radical (unpaired) electrons. The van der Waals surface area contributed by atoms with Gasteiger partial charge in [-0.1, -0.05) is 18.7 Å². The molecule has 0 aliphatic carbocycles. The van der Waals surface area contributed by atoms with Crippen LogP contribution in [0.25, 0.3) is 0 Å². The highest BCUT2D eigenvalue weighted by molar-refractivity contribution is 6.52. The van der Waals surface area contributed by atoms with Gasteiger partial charge in [0.25, 0.3) is 11.7 Å². The minimum Gasteiger partial charge on any atom is -0.308 e. The molecule has 0 fully saturated rings. The molecule has 0 atom stereocenters. The van der Waals surface area contributed by atoms with Crippen LogP contribution in [0.4, 0.5) is 5.69 Å². The number of rotatable bonds is 4. The number of amides is 1. The first kappa shape index (κ1) is 14.5. The Morgan fingerprint density at radius 1 is 1.25 bits per heavy atom. The Hall–Kier alpha value is -1.94. The molecule has 1 aromatic carbocycles. The van der Waals surface area contributed by atoms with E-state index in [4.69, 9.17) is 0 Å². The summed E-state index contributed by atoms with van der Waals surface area (Å²) in [6.07, 6.45) is 0. The maximum absolute atomic E-state index is 12.0. The second-order valence-corrected chi connectivity index (χ2v) is 6.09. The predicted molar refractivity (Wildman–Crippen MR) is 80.0 cm³/mol. The number of nitrogens with one attached hydrogen (secondary N) is 1. The molecule has 1 aliphatic rings. The smallest absolute Gasteiger partial charge is 0.299 e. The summed E-state index contributed by atoms with van der Waals surface area (Å²) in [7, 11) is 0. The predicted octanol–water partition coefficient (Wildman–Crippen LogP) is 2.16. The Bertz CT molecular complexity index is 570. The van der Waals surface area contributed by atoms with Crippen LogP contribution in [0.5, 0.6) is 0 Å². The van der Waals surface area contributed by atoms with Crippen LogP contribution in [0.1, 0.15) is 31.1 Å². The lowest BCUT2D eigenvalue weighted by Crippen LogP contribution is -2.39. The molecule has 0 unspecified atom stereocenters. The van der Waals surface area contributed by atoms with E-state index in [1.54, 1.807) is 18.2 Å². The maximum Gasteiger partial charge on any atom is 0.299 e. The lowest BCUT2D eigenvalue weighted by Gasteiger charge is -2.23. The highest BCUT2D eigenvalue weighted by Gasteiger charge is 2.35. The van der Waals surface area contributed by atoms with Crippen LogP contribution < -0.4 is 10.2 Å². The number of para-hydroxylation sites is 1. The number of Topliss-reactive ketones (excluding diaryl/α,β-unsaturated/α-hetero) is 1. The zero-order valence-corrected chi connectivity index (χ0v) is 12.2. The Kier molecular flexibility index (Phi) is 3.77. The van der Waals surface area contributed by atoms with Crippen LogP contribution in [0.15, 0.2) is 36.4 Å². The zero-order valence-electron chi connectivity index (χ0n) is 12.2. The number of fused-ring (bicyclic) bond motifs is 1. The summed E-state index contributed by atoms with van der Waals surface area (Å²) in [6.45, 7) is 11.2. The SMILES string of the molecule is C=C(CNC(C)(C)C)CN1C(=O)C(=O)c2ccccc21. The Morgan fingerprint density at radius 2 is 1.90 bits per heavy atom. The van der Waals surface area contributed by atoms with Crippen molar-refractivity contribution in [2.24, 2.45) is 0 Å². The summed E-state index contributed by atoms with van der Waals surface area (Å²) in [5.41, 5.74) is 2.03. The molecule has 1 N–H and O–H groups in total. The first-order valence-corrected chi connectivity index (χ1v) is 6.66. The number of carbonyl (C=O) groups is 2. The summed E-state index contributed by atoms with van der Waals surface area (Å²) in [5, 5.41) is 3.32. The molecule has 0 aromatic heterocycles. The Labute approximate surface area is 119 Å². The van der Waals surface area contributed by atoms with E-state index in [2.05, 4.69) is 32.7 Å². The average molecular weight is 272 g/mol. The van der Waals surface area contributed by atoms with Gasteiger partial charge in [-0.3, -0.25) is 9.59 Å². The number of benzene rings is 1. The normalized spacial score (nSPS) is 14.7. The summed E-state index contributed by atoms with van der Waals surface area (Å²) < 4.78 is 0. The van der Waals surface area contributed by atoms with Crippen molar-refractivity contribution in [3.05, 3.63) is 42.0 Å². The van der Waals surface area contributed by atoms with Gasteiger partial charge >= 0.3 is 0 Å². The maximum atomic E-state index is 12.0. The van der Waals surface area contributed by atoms with Crippen LogP contribution in [-0.4, -0.2) is 30.3 Å². The standard InChI is InChI=1S/C16H20N2O2/c1-11(9-17-16(2,3)4)10-18-13-8-6-5-7-12(13)14(19)15(18)20/h5-8,17H,1,9-10H2,2-4H3. The average Bonchev–Trinajstić information content (AvgIpc) is 2.62. The Morgan fingerprint density at radius 3 is 2.55 bits per heavy atom. The van der Waals surface area contributed by atoms with Gasteiger partial charge in [-0.25, -0.2) is 0 Å². The number of hydrogen-bond acceptors (Lipinski definition) is 3. The highest BCUT2D eigenvalue weighted by atomic mass is 16.2. The van der Waals surface area contributed by atoms with Gasteiger partial charge in [-0.2, -0.15) is 0 Å². The van der Waals surface area contributed by atoms with E-state index in [-0.39, 0.29) is 5.54 Å². The fourth-order valence-corrected chi connectivity index (χ4v) is 2.07. The summed E-state index contributed by atoms with van der Waals surface area (Å²) in [6, 6.07) is 7.08. The zero-order chi connectivity index (χ0) is 14.9. The molecule has 1 heterocycles. The van der Waals surface area contributed by atoms with Crippen molar-refractivity contribution in [2.75, 3.05) is 18.0 Å². The molecule has 4 heteroatoms. The highest BCUT2D eigenvalue weighted by Crippen LogP contribution is 2.28. The third-order valence-electron chi connectivity index (χ3n) is 3.13. The van der Waals surface area contributed by atoms with E-state index in [0.717, 1.165) is 5.57 Å². The number of anilines is 1. The van der Waals surface area contributed by atoms with Gasteiger partial charge in [0, 0.05) is 18.6 Å². The van der Waals surface area contributed by atoms with Gasteiger partial charge in [0.1, 0.15) is 0 Å².